The Bertz CT molecular complexity index is 161. The van der Waals surface area contributed by atoms with Gasteiger partial charge in [-0.1, -0.05) is 0 Å². The molecule has 1 heterocycles. The Balaban J connectivity index is 2.46. The van der Waals surface area contributed by atoms with E-state index in [1.54, 1.807) is 0 Å². The predicted octanol–water partition coefficient (Wildman–Crippen LogP) is 2.32. The number of hydrogen-bond donors (Lipinski definition) is 0. The average Bonchev–Trinajstić information content (AvgIpc) is 2.07. The highest BCUT2D eigenvalue weighted by Gasteiger charge is 2.22. The van der Waals surface area contributed by atoms with E-state index in [1.807, 2.05) is 0 Å². The molecule has 0 bridgehead atoms. The van der Waals surface area contributed by atoms with Crippen LogP contribution in [0.1, 0.15) is 25.7 Å². The number of carbonyl (C=O) groups excluding carboxylic acids is 1. The molecule has 0 spiro atoms. The number of hydrogen-bond acceptors (Lipinski definition) is 2. The van der Waals surface area contributed by atoms with Crippen LogP contribution >= 0.6 is 23.2 Å². The van der Waals surface area contributed by atoms with Crippen LogP contribution in [0.3, 0.4) is 0 Å². The van der Waals surface area contributed by atoms with E-state index < -0.39 is 5.38 Å². The van der Waals surface area contributed by atoms with E-state index in [2.05, 4.69) is 0 Å². The summed E-state index contributed by atoms with van der Waals surface area (Å²) >= 11 is 11.7. The van der Waals surface area contributed by atoms with Gasteiger partial charge in [0.2, 0.25) is 0 Å². The van der Waals surface area contributed by atoms with Crippen molar-refractivity contribution in [3.8, 4) is 0 Å². The van der Waals surface area contributed by atoms with Crippen molar-refractivity contribution in [3.05, 3.63) is 0 Å². The normalized spacial score (nSPS) is 33.0. The highest BCUT2D eigenvalue weighted by molar-refractivity contribution is 6.30. The molecule has 0 aromatic rings. The zero-order chi connectivity index (χ0) is 8.97. The smallest absolute Gasteiger partial charge is 0.324 e. The van der Waals surface area contributed by atoms with Crippen LogP contribution in [0, 0.1) is 0 Å². The first kappa shape index (κ1) is 10.1. The van der Waals surface area contributed by atoms with E-state index in [0.29, 0.717) is 13.0 Å². The molecule has 2 nitrogen and oxygen atoms in total. The molecule has 2 atom stereocenters. The van der Waals surface area contributed by atoms with Gasteiger partial charge in [0.25, 0.3) is 0 Å². The minimum absolute atomic E-state index is 0.0122. The van der Waals surface area contributed by atoms with Crippen LogP contribution in [0.15, 0.2) is 0 Å². The van der Waals surface area contributed by atoms with Gasteiger partial charge in [0, 0.05) is 5.38 Å². The molecule has 0 aliphatic carbocycles. The van der Waals surface area contributed by atoms with Crippen LogP contribution in [0.4, 0.5) is 0 Å². The minimum Gasteiger partial charge on any atom is -0.465 e. The van der Waals surface area contributed by atoms with Gasteiger partial charge in [-0.3, -0.25) is 4.79 Å². The fraction of sp³-hybridized carbons (Fsp3) is 0.875. The quantitative estimate of drug-likeness (QED) is 0.454. The molecule has 0 unspecified atom stereocenters. The summed E-state index contributed by atoms with van der Waals surface area (Å²) in [5, 5.41) is -0.552. The lowest BCUT2D eigenvalue weighted by Gasteiger charge is -2.09. The molecular formula is C8H12Cl2O2. The van der Waals surface area contributed by atoms with Crippen LogP contribution in [0.5, 0.6) is 0 Å². The van der Waals surface area contributed by atoms with Gasteiger partial charge in [-0.15, -0.1) is 23.2 Å². The summed E-state index contributed by atoms with van der Waals surface area (Å²) in [5.41, 5.74) is 0. The summed E-state index contributed by atoms with van der Waals surface area (Å²) in [6.45, 7) is 0.478. The topological polar surface area (TPSA) is 26.3 Å². The van der Waals surface area contributed by atoms with E-state index >= 15 is 0 Å². The average molecular weight is 211 g/mol. The molecule has 0 N–H and O–H groups in total. The maximum atomic E-state index is 11.1. The lowest BCUT2D eigenvalue weighted by Crippen LogP contribution is -2.20. The molecule has 0 saturated carbocycles. The van der Waals surface area contributed by atoms with Crippen LogP contribution in [0.2, 0.25) is 0 Å². The SMILES string of the molecule is O=C1OCCCC[C@@H](Cl)C[C@H]1Cl. The lowest BCUT2D eigenvalue weighted by molar-refractivity contribution is -0.143. The maximum Gasteiger partial charge on any atom is 0.324 e. The molecule has 1 aliphatic heterocycles. The Kier molecular flexibility index (Phi) is 4.16. The Morgan fingerprint density at radius 1 is 1.33 bits per heavy atom. The Morgan fingerprint density at radius 2 is 2.08 bits per heavy atom. The summed E-state index contributed by atoms with van der Waals surface area (Å²) < 4.78 is 4.89. The third-order valence-electron chi connectivity index (χ3n) is 1.87. The molecule has 0 amide bonds. The zero-order valence-electron chi connectivity index (χ0n) is 6.76. The molecule has 0 aromatic carbocycles. The summed E-state index contributed by atoms with van der Waals surface area (Å²) in [5.74, 6) is -0.329. The van der Waals surface area contributed by atoms with Gasteiger partial charge < -0.3 is 4.74 Å². The summed E-state index contributed by atoms with van der Waals surface area (Å²) in [6.07, 6.45) is 3.33. The molecule has 1 aliphatic rings. The number of ether oxygens (including phenoxy) is 1. The zero-order valence-corrected chi connectivity index (χ0v) is 8.27. The van der Waals surface area contributed by atoms with E-state index in [0.717, 1.165) is 19.3 Å². The number of esters is 1. The fourth-order valence-corrected chi connectivity index (χ4v) is 1.87. The van der Waals surface area contributed by atoms with Crippen molar-refractivity contribution in [2.24, 2.45) is 0 Å². The largest absolute Gasteiger partial charge is 0.465 e. The predicted molar refractivity (Wildman–Crippen MR) is 48.7 cm³/mol. The molecule has 1 rings (SSSR count). The highest BCUT2D eigenvalue weighted by Crippen LogP contribution is 2.19. The molecule has 70 valence electrons. The third kappa shape index (κ3) is 3.20. The molecule has 1 saturated heterocycles. The van der Waals surface area contributed by atoms with E-state index in [1.165, 1.54) is 0 Å². The van der Waals surface area contributed by atoms with Crippen molar-refractivity contribution in [1.29, 1.82) is 0 Å². The lowest BCUT2D eigenvalue weighted by atomic mass is 10.1. The number of alkyl halides is 2. The van der Waals surface area contributed by atoms with Crippen molar-refractivity contribution in [2.75, 3.05) is 6.61 Å². The van der Waals surface area contributed by atoms with Crippen molar-refractivity contribution < 1.29 is 9.53 Å². The van der Waals surface area contributed by atoms with Gasteiger partial charge in [0.15, 0.2) is 0 Å². The van der Waals surface area contributed by atoms with E-state index in [9.17, 15) is 4.79 Å². The Labute approximate surface area is 82.2 Å². The second kappa shape index (κ2) is 4.93. The number of carbonyl (C=O) groups is 1. The van der Waals surface area contributed by atoms with E-state index in [4.69, 9.17) is 27.9 Å². The van der Waals surface area contributed by atoms with Crippen molar-refractivity contribution in [2.45, 2.75) is 36.4 Å². The van der Waals surface area contributed by atoms with Crippen molar-refractivity contribution >= 4 is 29.2 Å². The van der Waals surface area contributed by atoms with Crippen molar-refractivity contribution in [3.63, 3.8) is 0 Å². The van der Waals surface area contributed by atoms with Gasteiger partial charge in [0.1, 0.15) is 5.38 Å². The molecule has 0 aromatic heterocycles. The van der Waals surface area contributed by atoms with Gasteiger partial charge in [-0.25, -0.2) is 0 Å². The molecule has 4 heteroatoms. The molecule has 0 radical (unpaired) electrons. The summed E-state index contributed by atoms with van der Waals surface area (Å²) in [4.78, 5) is 11.1. The first-order valence-corrected chi connectivity index (χ1v) is 5.02. The molecule has 1 fully saturated rings. The van der Waals surface area contributed by atoms with E-state index in [-0.39, 0.29) is 11.3 Å². The number of cyclic esters (lactones) is 1. The second-order valence-electron chi connectivity index (χ2n) is 2.96. The van der Waals surface area contributed by atoms with Crippen molar-refractivity contribution in [1.82, 2.24) is 0 Å². The van der Waals surface area contributed by atoms with Crippen LogP contribution in [-0.2, 0) is 9.53 Å². The fourth-order valence-electron chi connectivity index (χ4n) is 1.17. The standard InChI is InChI=1S/C8H12Cl2O2/c9-6-3-1-2-4-12-8(11)7(10)5-6/h6-7H,1-5H2/t6-,7-/m1/s1. The Hall–Kier alpha value is 0.0500. The van der Waals surface area contributed by atoms with Gasteiger partial charge >= 0.3 is 5.97 Å². The first-order valence-electron chi connectivity index (χ1n) is 4.15. The summed E-state index contributed by atoms with van der Waals surface area (Å²) in [7, 11) is 0. The van der Waals surface area contributed by atoms with Crippen LogP contribution < -0.4 is 0 Å². The van der Waals surface area contributed by atoms with Crippen LogP contribution in [-0.4, -0.2) is 23.3 Å². The molecular weight excluding hydrogens is 199 g/mol. The highest BCUT2D eigenvalue weighted by atomic mass is 35.5. The number of halogens is 2. The second-order valence-corrected chi connectivity index (χ2v) is 4.11. The van der Waals surface area contributed by atoms with Gasteiger partial charge in [0.05, 0.1) is 6.61 Å². The third-order valence-corrected chi connectivity index (χ3v) is 2.63. The maximum absolute atomic E-state index is 11.1. The Morgan fingerprint density at radius 3 is 2.83 bits per heavy atom. The molecule has 12 heavy (non-hydrogen) atoms. The minimum atomic E-state index is -0.564. The monoisotopic (exact) mass is 210 g/mol. The van der Waals surface area contributed by atoms with Crippen LogP contribution in [0.25, 0.3) is 0 Å². The summed E-state index contributed by atoms with van der Waals surface area (Å²) in [6, 6.07) is 0. The van der Waals surface area contributed by atoms with Gasteiger partial charge in [-0.2, -0.15) is 0 Å². The first-order chi connectivity index (χ1) is 5.70. The number of rotatable bonds is 0. The van der Waals surface area contributed by atoms with Gasteiger partial charge in [-0.05, 0) is 25.7 Å².